The number of ether oxygens (including phenoxy) is 1. The molecule has 42 heavy (non-hydrogen) atoms. The molecule has 6 nitrogen and oxygen atoms in total. The smallest absolute Gasteiger partial charge is 0.341 e. The first-order valence-corrected chi connectivity index (χ1v) is 15.9. The van der Waals surface area contributed by atoms with Crippen molar-refractivity contribution in [2.24, 2.45) is 5.92 Å². The number of benzene rings is 3. The molecule has 1 heterocycles. The maximum Gasteiger partial charge on any atom is 0.341 e. The first kappa shape index (κ1) is 29.6. The zero-order valence-corrected chi connectivity index (χ0v) is 25.4. The highest BCUT2D eigenvalue weighted by molar-refractivity contribution is 8.00. The molecule has 1 aliphatic carbocycles. The molecule has 2 N–H and O–H groups in total. The van der Waals surface area contributed by atoms with E-state index in [1.54, 1.807) is 6.92 Å². The van der Waals surface area contributed by atoms with Crippen molar-refractivity contribution in [1.82, 2.24) is 0 Å². The number of rotatable bonds is 10. The Hall–Kier alpha value is -3.88. The fourth-order valence-electron chi connectivity index (χ4n) is 5.11. The average Bonchev–Trinajstić information content (AvgIpc) is 3.33. The maximum atomic E-state index is 13.9. The fraction of sp³-hybridized carbons (Fsp3) is 0.265. The predicted octanol–water partition coefficient (Wildman–Crippen LogP) is 7.70. The minimum Gasteiger partial charge on any atom is -0.462 e. The molecule has 0 radical (unpaired) electrons. The van der Waals surface area contributed by atoms with Crippen LogP contribution in [-0.4, -0.2) is 24.4 Å². The van der Waals surface area contributed by atoms with E-state index in [2.05, 4.69) is 17.6 Å². The number of thiophene rings is 1. The summed E-state index contributed by atoms with van der Waals surface area (Å²) in [6.45, 7) is 4.27. The summed E-state index contributed by atoms with van der Waals surface area (Å²) in [5, 5.41) is 6.04. The van der Waals surface area contributed by atoms with Gasteiger partial charge < -0.3 is 15.4 Å². The Morgan fingerprint density at radius 1 is 0.976 bits per heavy atom. The molecule has 2 atom stereocenters. The highest BCUT2D eigenvalue weighted by atomic mass is 32.2. The number of thioether (sulfide) groups is 1. The molecule has 4 aromatic rings. The molecule has 0 fully saturated rings. The maximum absolute atomic E-state index is 13.9. The van der Waals surface area contributed by atoms with E-state index >= 15 is 0 Å². The van der Waals surface area contributed by atoms with Crippen molar-refractivity contribution in [3.63, 3.8) is 0 Å². The summed E-state index contributed by atoms with van der Waals surface area (Å²) >= 11 is 2.89. The number of carbonyl (C=O) groups excluding carboxylic acids is 3. The summed E-state index contributed by atoms with van der Waals surface area (Å²) in [5.41, 5.74) is 3.95. The van der Waals surface area contributed by atoms with Crippen LogP contribution in [0.4, 0.5) is 10.7 Å². The largest absolute Gasteiger partial charge is 0.462 e. The van der Waals surface area contributed by atoms with Crippen molar-refractivity contribution in [3.05, 3.63) is 112 Å². The van der Waals surface area contributed by atoms with E-state index in [1.807, 2.05) is 84.9 Å². The van der Waals surface area contributed by atoms with Crippen molar-refractivity contribution in [2.45, 2.75) is 49.7 Å². The molecule has 0 aliphatic heterocycles. The van der Waals surface area contributed by atoms with Gasteiger partial charge in [-0.15, -0.1) is 23.1 Å². The zero-order valence-electron chi connectivity index (χ0n) is 23.7. The number of fused-ring (bicyclic) bond motifs is 1. The van der Waals surface area contributed by atoms with Crippen LogP contribution in [0.5, 0.6) is 0 Å². The van der Waals surface area contributed by atoms with Gasteiger partial charge in [0.05, 0.1) is 18.6 Å². The molecule has 5 rings (SSSR count). The lowest BCUT2D eigenvalue weighted by atomic mass is 9.88. The van der Waals surface area contributed by atoms with Crippen molar-refractivity contribution < 1.29 is 19.1 Å². The third-order valence-corrected chi connectivity index (χ3v) is 9.57. The zero-order chi connectivity index (χ0) is 29.5. The quantitative estimate of drug-likeness (QED) is 0.144. The molecular weight excluding hydrogens is 565 g/mol. The lowest BCUT2D eigenvalue weighted by molar-refractivity contribution is -0.116. The molecule has 2 unspecified atom stereocenters. The second kappa shape index (κ2) is 13.9. The van der Waals surface area contributed by atoms with E-state index in [1.165, 1.54) is 23.1 Å². The van der Waals surface area contributed by atoms with Crippen LogP contribution >= 0.6 is 23.1 Å². The van der Waals surface area contributed by atoms with Gasteiger partial charge in [-0.05, 0) is 67.0 Å². The minimum atomic E-state index is -0.588. The van der Waals surface area contributed by atoms with E-state index < -0.39 is 5.25 Å². The lowest BCUT2D eigenvalue weighted by Crippen LogP contribution is -2.20. The molecule has 0 bridgehead atoms. The van der Waals surface area contributed by atoms with E-state index in [0.29, 0.717) is 22.2 Å². The van der Waals surface area contributed by atoms with Gasteiger partial charge in [0.25, 0.3) is 0 Å². The van der Waals surface area contributed by atoms with Crippen LogP contribution in [0.15, 0.2) is 89.8 Å². The second-order valence-corrected chi connectivity index (χ2v) is 12.7. The van der Waals surface area contributed by atoms with Crippen molar-refractivity contribution in [1.29, 1.82) is 0 Å². The number of hydrogen-bond acceptors (Lipinski definition) is 6. The van der Waals surface area contributed by atoms with Crippen LogP contribution in [0, 0.1) is 5.92 Å². The summed E-state index contributed by atoms with van der Waals surface area (Å²) < 4.78 is 5.40. The van der Waals surface area contributed by atoms with E-state index in [4.69, 9.17) is 4.74 Å². The second-order valence-electron chi connectivity index (χ2n) is 10.4. The van der Waals surface area contributed by atoms with Crippen LogP contribution < -0.4 is 10.6 Å². The topological polar surface area (TPSA) is 84.5 Å². The Bertz CT molecular complexity index is 1550. The molecule has 8 heteroatoms. The van der Waals surface area contributed by atoms with Crippen LogP contribution in [0.3, 0.4) is 0 Å². The molecule has 3 aromatic carbocycles. The number of esters is 1. The summed E-state index contributed by atoms with van der Waals surface area (Å²) in [7, 11) is 0. The van der Waals surface area contributed by atoms with Crippen molar-refractivity contribution in [2.75, 3.05) is 17.2 Å². The van der Waals surface area contributed by atoms with Gasteiger partial charge in [0.2, 0.25) is 11.8 Å². The average molecular weight is 599 g/mol. The predicted molar refractivity (Wildman–Crippen MR) is 170 cm³/mol. The highest BCUT2D eigenvalue weighted by Gasteiger charge is 2.31. The van der Waals surface area contributed by atoms with Gasteiger partial charge in [-0.25, -0.2) is 4.79 Å². The Balaban J connectivity index is 1.38. The molecule has 0 spiro atoms. The molecule has 1 aromatic heterocycles. The SMILES string of the molecule is CCOC(=O)c1c(NC(=O)C(Sc2cccc(NC(=O)Cc3ccccc3)c2)c2ccccc2)sc2c1CCC(C)C2. The number of anilines is 2. The first-order chi connectivity index (χ1) is 20.4. The molecule has 2 amide bonds. The van der Waals surface area contributed by atoms with Gasteiger partial charge in [0.1, 0.15) is 10.3 Å². The molecule has 216 valence electrons. The highest BCUT2D eigenvalue weighted by Crippen LogP contribution is 2.42. The summed E-state index contributed by atoms with van der Waals surface area (Å²) in [6.07, 6.45) is 2.97. The lowest BCUT2D eigenvalue weighted by Gasteiger charge is -2.19. The minimum absolute atomic E-state index is 0.108. The van der Waals surface area contributed by atoms with Crippen LogP contribution in [0.1, 0.15) is 57.4 Å². The van der Waals surface area contributed by atoms with E-state index in [0.717, 1.165) is 45.7 Å². The third-order valence-electron chi connectivity index (χ3n) is 7.15. The number of amides is 2. The summed E-state index contributed by atoms with van der Waals surface area (Å²) in [4.78, 5) is 41.6. The molecule has 0 saturated heterocycles. The molecule has 1 aliphatic rings. The van der Waals surface area contributed by atoms with Gasteiger partial charge in [0.15, 0.2) is 0 Å². The van der Waals surface area contributed by atoms with Crippen molar-refractivity contribution >= 4 is 51.6 Å². The normalized spacial score (nSPS) is 14.9. The summed E-state index contributed by atoms with van der Waals surface area (Å²) in [5.74, 6) is -0.185. The first-order valence-electron chi connectivity index (χ1n) is 14.2. The van der Waals surface area contributed by atoms with E-state index in [-0.39, 0.29) is 30.8 Å². The standard InChI is InChI=1S/C34H34N2O4S2/c1-3-40-34(39)30-27-18-17-22(2)19-28(27)42-33(30)36-32(38)31(24-13-8-5-9-14-24)41-26-16-10-15-25(21-26)35-29(37)20-23-11-6-4-7-12-23/h4-16,21-22,31H,3,17-20H2,1-2H3,(H,35,37)(H,36,38). The Morgan fingerprint density at radius 2 is 1.71 bits per heavy atom. The van der Waals surface area contributed by atoms with Crippen LogP contribution in [0.2, 0.25) is 0 Å². The van der Waals surface area contributed by atoms with Gasteiger partial charge in [-0.1, -0.05) is 73.7 Å². The van der Waals surface area contributed by atoms with Gasteiger partial charge in [0, 0.05) is 15.5 Å². The Kier molecular flexibility index (Phi) is 9.77. The van der Waals surface area contributed by atoms with E-state index in [9.17, 15) is 14.4 Å². The fourth-order valence-corrected chi connectivity index (χ4v) is 7.59. The Morgan fingerprint density at radius 3 is 2.45 bits per heavy atom. The summed E-state index contributed by atoms with van der Waals surface area (Å²) in [6, 6.07) is 26.7. The number of hydrogen-bond donors (Lipinski definition) is 2. The van der Waals surface area contributed by atoms with Crippen LogP contribution in [0.25, 0.3) is 0 Å². The Labute approximate surface area is 254 Å². The molecular formula is C34H34N2O4S2. The van der Waals surface area contributed by atoms with Gasteiger partial charge in [-0.3, -0.25) is 9.59 Å². The molecule has 0 saturated carbocycles. The van der Waals surface area contributed by atoms with Gasteiger partial charge in [-0.2, -0.15) is 0 Å². The van der Waals surface area contributed by atoms with Crippen molar-refractivity contribution in [3.8, 4) is 0 Å². The van der Waals surface area contributed by atoms with Crippen LogP contribution in [-0.2, 0) is 33.6 Å². The number of carbonyl (C=O) groups is 3. The van der Waals surface area contributed by atoms with Gasteiger partial charge >= 0.3 is 5.97 Å². The number of nitrogens with one attached hydrogen (secondary N) is 2. The monoisotopic (exact) mass is 598 g/mol. The third kappa shape index (κ3) is 7.30.